The molecule has 2 nitrogen and oxygen atoms in total. The average Bonchev–Trinajstić information content (AvgIpc) is 2.60. The summed E-state index contributed by atoms with van der Waals surface area (Å²) < 4.78 is 0. The zero-order valence-corrected chi connectivity index (χ0v) is 14.9. The summed E-state index contributed by atoms with van der Waals surface area (Å²) in [5.41, 5.74) is 10.5. The van der Waals surface area contributed by atoms with Gasteiger partial charge in [-0.3, -0.25) is 0 Å². The number of anilines is 2. The van der Waals surface area contributed by atoms with E-state index in [1.807, 2.05) is 12.1 Å². The molecule has 0 aliphatic carbocycles. The van der Waals surface area contributed by atoms with Gasteiger partial charge in [0.25, 0.3) is 0 Å². The molecule has 2 aromatic rings. The van der Waals surface area contributed by atoms with Crippen LogP contribution >= 0.6 is 0 Å². The Labute approximate surface area is 141 Å². The molecule has 0 spiro atoms. The van der Waals surface area contributed by atoms with Crippen molar-refractivity contribution in [2.45, 2.75) is 58.4 Å². The number of nitrogens with two attached hydrogens (primary N) is 1. The van der Waals surface area contributed by atoms with Crippen LogP contribution in [-0.2, 0) is 5.54 Å². The van der Waals surface area contributed by atoms with Crippen LogP contribution < -0.4 is 11.1 Å². The first-order valence-electron chi connectivity index (χ1n) is 8.78. The zero-order chi connectivity index (χ0) is 16.9. The van der Waals surface area contributed by atoms with Crippen LogP contribution in [0.25, 0.3) is 0 Å². The number of hydrogen-bond donors (Lipinski definition) is 2. The topological polar surface area (TPSA) is 38.0 Å². The zero-order valence-electron chi connectivity index (χ0n) is 14.9. The summed E-state index contributed by atoms with van der Waals surface area (Å²) in [5.74, 6) is 0.614. The minimum atomic E-state index is -0.0500. The monoisotopic (exact) mass is 310 g/mol. The highest BCUT2D eigenvalue weighted by atomic mass is 15.0. The lowest BCUT2D eigenvalue weighted by Gasteiger charge is -2.35. The van der Waals surface area contributed by atoms with Gasteiger partial charge in [-0.15, -0.1) is 0 Å². The van der Waals surface area contributed by atoms with Gasteiger partial charge in [-0.25, -0.2) is 0 Å². The highest BCUT2D eigenvalue weighted by Crippen LogP contribution is 2.34. The van der Waals surface area contributed by atoms with Crippen molar-refractivity contribution < 1.29 is 0 Å². The Bertz CT molecular complexity index is 595. The van der Waals surface area contributed by atoms with E-state index in [-0.39, 0.29) is 5.54 Å². The standard InChI is InChI=1S/C21H30N2/c1-5-16(4)17-8-14-20(15-9-17)23-21(6-2,7-3)18-10-12-19(22)13-11-18/h8-16,23H,5-7,22H2,1-4H3. The third kappa shape index (κ3) is 3.87. The molecule has 0 saturated heterocycles. The summed E-state index contributed by atoms with van der Waals surface area (Å²) in [4.78, 5) is 0. The lowest BCUT2D eigenvalue weighted by atomic mass is 9.84. The Morgan fingerprint density at radius 2 is 1.48 bits per heavy atom. The van der Waals surface area contributed by atoms with Crippen LogP contribution in [0.2, 0.25) is 0 Å². The van der Waals surface area contributed by atoms with Crippen molar-refractivity contribution in [3.63, 3.8) is 0 Å². The van der Waals surface area contributed by atoms with Crippen LogP contribution in [0.3, 0.4) is 0 Å². The summed E-state index contributed by atoms with van der Waals surface area (Å²) in [7, 11) is 0. The van der Waals surface area contributed by atoms with Gasteiger partial charge in [0.15, 0.2) is 0 Å². The Kier molecular flexibility index (Phi) is 5.70. The molecular formula is C21H30N2. The number of nitrogen functional groups attached to an aromatic ring is 1. The number of hydrogen-bond acceptors (Lipinski definition) is 2. The van der Waals surface area contributed by atoms with Gasteiger partial charge in [-0.2, -0.15) is 0 Å². The fourth-order valence-electron chi connectivity index (χ4n) is 3.12. The average molecular weight is 310 g/mol. The van der Waals surface area contributed by atoms with Crippen LogP contribution in [0.4, 0.5) is 11.4 Å². The van der Waals surface area contributed by atoms with Crippen molar-refractivity contribution in [1.82, 2.24) is 0 Å². The molecule has 2 aromatic carbocycles. The molecule has 0 saturated carbocycles. The van der Waals surface area contributed by atoms with Gasteiger partial charge in [0, 0.05) is 11.4 Å². The van der Waals surface area contributed by atoms with Crippen molar-refractivity contribution in [3.8, 4) is 0 Å². The second-order valence-corrected chi connectivity index (χ2v) is 6.47. The van der Waals surface area contributed by atoms with E-state index in [9.17, 15) is 0 Å². The minimum Gasteiger partial charge on any atom is -0.399 e. The predicted octanol–water partition coefficient (Wildman–Crippen LogP) is 5.91. The van der Waals surface area contributed by atoms with Crippen molar-refractivity contribution in [2.75, 3.05) is 11.1 Å². The van der Waals surface area contributed by atoms with E-state index in [2.05, 4.69) is 69.4 Å². The summed E-state index contributed by atoms with van der Waals surface area (Å²) in [6, 6.07) is 17.2. The number of rotatable bonds is 7. The maximum Gasteiger partial charge on any atom is 0.0620 e. The maximum absolute atomic E-state index is 5.84. The van der Waals surface area contributed by atoms with Crippen molar-refractivity contribution in [2.24, 2.45) is 0 Å². The normalized spacial score (nSPS) is 12.9. The Hall–Kier alpha value is -1.96. The van der Waals surface area contributed by atoms with Crippen LogP contribution in [-0.4, -0.2) is 0 Å². The van der Waals surface area contributed by atoms with Crippen molar-refractivity contribution in [3.05, 3.63) is 59.7 Å². The third-order valence-corrected chi connectivity index (χ3v) is 5.15. The van der Waals surface area contributed by atoms with E-state index in [1.54, 1.807) is 0 Å². The van der Waals surface area contributed by atoms with Crippen LogP contribution in [0.5, 0.6) is 0 Å². The van der Waals surface area contributed by atoms with Gasteiger partial charge in [-0.05, 0) is 60.6 Å². The number of benzene rings is 2. The molecule has 0 heterocycles. The molecule has 3 N–H and O–H groups in total. The van der Waals surface area contributed by atoms with Gasteiger partial charge in [-0.1, -0.05) is 52.0 Å². The molecule has 124 valence electrons. The minimum absolute atomic E-state index is 0.0500. The summed E-state index contributed by atoms with van der Waals surface area (Å²) in [6.07, 6.45) is 3.23. The second-order valence-electron chi connectivity index (χ2n) is 6.47. The molecule has 0 aromatic heterocycles. The van der Waals surface area contributed by atoms with Crippen molar-refractivity contribution in [1.29, 1.82) is 0 Å². The largest absolute Gasteiger partial charge is 0.399 e. The summed E-state index contributed by atoms with van der Waals surface area (Å²) in [6.45, 7) is 8.98. The molecule has 0 aliphatic rings. The lowest BCUT2D eigenvalue weighted by molar-refractivity contribution is 0.455. The lowest BCUT2D eigenvalue weighted by Crippen LogP contribution is -2.34. The van der Waals surface area contributed by atoms with Gasteiger partial charge in [0.2, 0.25) is 0 Å². The fourth-order valence-corrected chi connectivity index (χ4v) is 3.12. The molecule has 0 fully saturated rings. The Morgan fingerprint density at radius 3 is 1.96 bits per heavy atom. The molecule has 0 aliphatic heterocycles. The predicted molar refractivity (Wildman–Crippen MR) is 102 cm³/mol. The summed E-state index contributed by atoms with van der Waals surface area (Å²) >= 11 is 0. The highest BCUT2D eigenvalue weighted by molar-refractivity contribution is 5.51. The first-order chi connectivity index (χ1) is 11.0. The highest BCUT2D eigenvalue weighted by Gasteiger charge is 2.28. The first-order valence-corrected chi connectivity index (χ1v) is 8.78. The molecule has 23 heavy (non-hydrogen) atoms. The quantitative estimate of drug-likeness (QED) is 0.624. The van der Waals surface area contributed by atoms with Crippen LogP contribution in [0, 0.1) is 0 Å². The number of nitrogens with one attached hydrogen (secondary N) is 1. The molecule has 0 radical (unpaired) electrons. The molecule has 1 unspecified atom stereocenters. The van der Waals surface area contributed by atoms with Gasteiger partial charge in [0.1, 0.15) is 0 Å². The fraction of sp³-hybridized carbons (Fsp3) is 0.429. The van der Waals surface area contributed by atoms with Gasteiger partial charge >= 0.3 is 0 Å². The molecule has 0 amide bonds. The first kappa shape index (κ1) is 17.4. The molecule has 2 rings (SSSR count). The van der Waals surface area contributed by atoms with Crippen molar-refractivity contribution >= 4 is 11.4 Å². The Morgan fingerprint density at radius 1 is 0.913 bits per heavy atom. The van der Waals surface area contributed by atoms with E-state index >= 15 is 0 Å². The van der Waals surface area contributed by atoms with E-state index in [4.69, 9.17) is 5.73 Å². The van der Waals surface area contributed by atoms with Crippen LogP contribution in [0.15, 0.2) is 48.5 Å². The van der Waals surface area contributed by atoms with E-state index in [0.717, 1.165) is 18.5 Å². The van der Waals surface area contributed by atoms with E-state index in [1.165, 1.54) is 23.2 Å². The molecular weight excluding hydrogens is 280 g/mol. The third-order valence-electron chi connectivity index (χ3n) is 5.15. The maximum atomic E-state index is 5.84. The smallest absolute Gasteiger partial charge is 0.0620 e. The Balaban J connectivity index is 2.27. The van der Waals surface area contributed by atoms with Gasteiger partial charge in [0.05, 0.1) is 5.54 Å². The molecule has 1 atom stereocenters. The van der Waals surface area contributed by atoms with Gasteiger partial charge < -0.3 is 11.1 Å². The SMILES string of the molecule is CCC(C)c1ccc(NC(CC)(CC)c2ccc(N)cc2)cc1. The molecule has 0 bridgehead atoms. The van der Waals surface area contributed by atoms with E-state index < -0.39 is 0 Å². The van der Waals surface area contributed by atoms with E-state index in [0.29, 0.717) is 5.92 Å². The summed E-state index contributed by atoms with van der Waals surface area (Å²) in [5, 5.41) is 3.77. The second kappa shape index (κ2) is 7.54. The van der Waals surface area contributed by atoms with Crippen LogP contribution in [0.1, 0.15) is 64.0 Å². The molecule has 2 heteroatoms.